The van der Waals surface area contributed by atoms with E-state index in [1.54, 1.807) is 6.92 Å². The van der Waals surface area contributed by atoms with Crippen LogP contribution in [0.1, 0.15) is 38.4 Å². The van der Waals surface area contributed by atoms with Crippen LogP contribution in [0, 0.1) is 5.92 Å². The second-order valence-corrected chi connectivity index (χ2v) is 4.23. The number of nitrogens with zero attached hydrogens (tertiary/aromatic N) is 1. The van der Waals surface area contributed by atoms with Crippen LogP contribution in [-0.2, 0) is 17.6 Å². The second kappa shape index (κ2) is 5.64. The van der Waals surface area contributed by atoms with Gasteiger partial charge in [-0.15, -0.1) is 0 Å². The molecule has 1 atom stereocenters. The van der Waals surface area contributed by atoms with Crippen LogP contribution in [0.4, 0.5) is 0 Å². The second-order valence-electron chi connectivity index (χ2n) is 4.23. The number of aromatic nitrogens is 1. The van der Waals surface area contributed by atoms with Gasteiger partial charge in [0, 0.05) is 18.3 Å². The molecule has 0 aliphatic carbocycles. The summed E-state index contributed by atoms with van der Waals surface area (Å²) in [4.78, 5) is 15.3. The maximum absolute atomic E-state index is 10.9. The Bertz CT molecular complexity index is 316. The van der Waals surface area contributed by atoms with Gasteiger partial charge < -0.3 is 4.79 Å². The smallest absolute Gasteiger partial charge is 0.130 e. The van der Waals surface area contributed by atoms with Crippen LogP contribution >= 0.6 is 0 Å². The van der Waals surface area contributed by atoms with Gasteiger partial charge in [0.1, 0.15) is 5.78 Å². The molecule has 0 aliphatic heterocycles. The van der Waals surface area contributed by atoms with Crippen molar-refractivity contribution >= 4 is 5.78 Å². The maximum atomic E-state index is 10.9. The van der Waals surface area contributed by atoms with E-state index >= 15 is 0 Å². The van der Waals surface area contributed by atoms with Gasteiger partial charge in [0.25, 0.3) is 0 Å². The van der Waals surface area contributed by atoms with E-state index < -0.39 is 0 Å². The summed E-state index contributed by atoms with van der Waals surface area (Å²) < 4.78 is 0. The van der Waals surface area contributed by atoms with Gasteiger partial charge in [-0.3, -0.25) is 4.98 Å². The van der Waals surface area contributed by atoms with Crippen LogP contribution in [0.25, 0.3) is 0 Å². The van der Waals surface area contributed by atoms with E-state index in [-0.39, 0.29) is 5.78 Å². The molecule has 15 heavy (non-hydrogen) atoms. The van der Waals surface area contributed by atoms with Crippen molar-refractivity contribution in [2.24, 2.45) is 5.92 Å². The summed E-state index contributed by atoms with van der Waals surface area (Å²) in [6.07, 6.45) is 4.49. The molecule has 0 aromatic carbocycles. The Balaban J connectivity index is 2.53. The molecule has 1 unspecified atom stereocenters. The number of aryl methyl sites for hydroxylation is 1. The zero-order valence-electron chi connectivity index (χ0n) is 9.79. The molecule has 0 saturated heterocycles. The van der Waals surface area contributed by atoms with E-state index in [0.717, 1.165) is 18.5 Å². The summed E-state index contributed by atoms with van der Waals surface area (Å²) in [5.41, 5.74) is 2.35. The monoisotopic (exact) mass is 205 g/mol. The van der Waals surface area contributed by atoms with Crippen LogP contribution in [0.3, 0.4) is 0 Å². The molecule has 0 fully saturated rings. The number of carbonyl (C=O) groups excluding carboxylic acids is 1. The van der Waals surface area contributed by atoms with E-state index in [1.165, 1.54) is 5.56 Å². The summed E-state index contributed by atoms with van der Waals surface area (Å²) in [6.45, 7) is 5.86. The van der Waals surface area contributed by atoms with Crippen molar-refractivity contribution in [3.63, 3.8) is 0 Å². The largest absolute Gasteiger partial charge is 0.300 e. The number of rotatable bonds is 5. The highest BCUT2D eigenvalue weighted by atomic mass is 16.1. The SMILES string of the molecule is CCc1ccc(CC(C)CC(C)=O)nc1. The van der Waals surface area contributed by atoms with Crippen LogP contribution in [0.2, 0.25) is 0 Å². The van der Waals surface area contributed by atoms with Crippen molar-refractivity contribution in [3.8, 4) is 0 Å². The van der Waals surface area contributed by atoms with Gasteiger partial charge in [0.2, 0.25) is 0 Å². The summed E-state index contributed by atoms with van der Waals surface area (Å²) in [7, 11) is 0. The molecule has 0 amide bonds. The minimum atomic E-state index is 0.257. The Labute approximate surface area is 91.7 Å². The predicted octanol–water partition coefficient (Wildman–Crippen LogP) is 2.80. The zero-order chi connectivity index (χ0) is 11.3. The van der Waals surface area contributed by atoms with E-state index in [9.17, 15) is 4.79 Å². The molecule has 2 nitrogen and oxygen atoms in total. The van der Waals surface area contributed by atoms with E-state index in [1.807, 2.05) is 6.20 Å². The first-order chi connectivity index (χ1) is 7.11. The molecule has 2 heteroatoms. The molecule has 82 valence electrons. The molecule has 1 aromatic rings. The lowest BCUT2D eigenvalue weighted by Gasteiger charge is -2.08. The first-order valence-corrected chi connectivity index (χ1v) is 5.55. The zero-order valence-corrected chi connectivity index (χ0v) is 9.79. The molecule has 0 radical (unpaired) electrons. The van der Waals surface area contributed by atoms with Gasteiger partial charge in [-0.1, -0.05) is 19.9 Å². The highest BCUT2D eigenvalue weighted by molar-refractivity contribution is 5.75. The molecule has 1 aromatic heterocycles. The topological polar surface area (TPSA) is 30.0 Å². The fourth-order valence-electron chi connectivity index (χ4n) is 1.70. The van der Waals surface area contributed by atoms with Gasteiger partial charge in [0.15, 0.2) is 0 Å². The highest BCUT2D eigenvalue weighted by Gasteiger charge is 2.07. The fourth-order valence-corrected chi connectivity index (χ4v) is 1.70. The Morgan fingerprint density at radius 3 is 2.67 bits per heavy atom. The van der Waals surface area contributed by atoms with Crippen molar-refractivity contribution < 1.29 is 4.79 Å². The standard InChI is InChI=1S/C13H19NO/c1-4-12-5-6-13(14-9-12)8-10(2)7-11(3)15/h5-6,9-10H,4,7-8H2,1-3H3. The molecule has 1 heterocycles. The third-order valence-electron chi connectivity index (χ3n) is 2.49. The maximum Gasteiger partial charge on any atom is 0.130 e. The van der Waals surface area contributed by atoms with Crippen LogP contribution in [0.15, 0.2) is 18.3 Å². The quantitative estimate of drug-likeness (QED) is 0.740. The normalized spacial score (nSPS) is 12.5. The van der Waals surface area contributed by atoms with Gasteiger partial charge >= 0.3 is 0 Å². The molecular formula is C13H19NO. The van der Waals surface area contributed by atoms with Crippen LogP contribution in [-0.4, -0.2) is 10.8 Å². The average Bonchev–Trinajstić information content (AvgIpc) is 2.17. The number of hydrogen-bond acceptors (Lipinski definition) is 2. The molecule has 1 rings (SSSR count). The van der Waals surface area contributed by atoms with Crippen LogP contribution in [0.5, 0.6) is 0 Å². The number of carbonyl (C=O) groups is 1. The van der Waals surface area contributed by atoms with Crippen molar-refractivity contribution in [3.05, 3.63) is 29.6 Å². The Morgan fingerprint density at radius 2 is 2.20 bits per heavy atom. The third-order valence-corrected chi connectivity index (χ3v) is 2.49. The Morgan fingerprint density at radius 1 is 1.47 bits per heavy atom. The molecule has 0 saturated carbocycles. The van der Waals surface area contributed by atoms with Gasteiger partial charge in [-0.2, -0.15) is 0 Å². The third kappa shape index (κ3) is 4.24. The number of hydrogen-bond donors (Lipinski definition) is 0. The average molecular weight is 205 g/mol. The lowest BCUT2D eigenvalue weighted by Crippen LogP contribution is -2.06. The molecule has 0 aliphatic rings. The van der Waals surface area contributed by atoms with E-state index in [2.05, 4.69) is 31.0 Å². The summed E-state index contributed by atoms with van der Waals surface area (Å²) in [6, 6.07) is 4.18. The van der Waals surface area contributed by atoms with Gasteiger partial charge in [-0.05, 0) is 37.3 Å². The summed E-state index contributed by atoms with van der Waals surface area (Å²) in [5.74, 6) is 0.648. The number of ketones is 1. The minimum Gasteiger partial charge on any atom is -0.300 e. The van der Waals surface area contributed by atoms with Crippen LogP contribution < -0.4 is 0 Å². The molecule has 0 spiro atoms. The Hall–Kier alpha value is -1.18. The lowest BCUT2D eigenvalue weighted by atomic mass is 9.99. The highest BCUT2D eigenvalue weighted by Crippen LogP contribution is 2.11. The van der Waals surface area contributed by atoms with Gasteiger partial charge in [-0.25, -0.2) is 0 Å². The van der Waals surface area contributed by atoms with Crippen molar-refractivity contribution in [2.75, 3.05) is 0 Å². The van der Waals surface area contributed by atoms with Gasteiger partial charge in [0.05, 0.1) is 0 Å². The lowest BCUT2D eigenvalue weighted by molar-refractivity contribution is -0.117. The summed E-state index contributed by atoms with van der Waals surface area (Å²) in [5, 5.41) is 0. The first-order valence-electron chi connectivity index (χ1n) is 5.55. The van der Waals surface area contributed by atoms with E-state index in [0.29, 0.717) is 12.3 Å². The number of Topliss-reactive ketones (excluding diaryl/α,β-unsaturated/α-hetero) is 1. The minimum absolute atomic E-state index is 0.257. The van der Waals surface area contributed by atoms with E-state index in [4.69, 9.17) is 0 Å². The van der Waals surface area contributed by atoms with Crippen molar-refractivity contribution in [2.45, 2.75) is 40.0 Å². The molecule has 0 bridgehead atoms. The molecule has 0 N–H and O–H groups in total. The Kier molecular flexibility index (Phi) is 4.47. The fraction of sp³-hybridized carbons (Fsp3) is 0.538. The summed E-state index contributed by atoms with van der Waals surface area (Å²) >= 11 is 0. The number of pyridine rings is 1. The first kappa shape index (κ1) is 11.9. The molecular weight excluding hydrogens is 186 g/mol. The predicted molar refractivity (Wildman–Crippen MR) is 61.8 cm³/mol. The van der Waals surface area contributed by atoms with Crippen molar-refractivity contribution in [1.82, 2.24) is 4.98 Å². The van der Waals surface area contributed by atoms with Crippen molar-refractivity contribution in [1.29, 1.82) is 0 Å².